The Morgan fingerprint density at radius 3 is 2.67 bits per heavy atom. The van der Waals surface area contributed by atoms with Crippen LogP contribution in [0.25, 0.3) is 0 Å². The minimum Gasteiger partial charge on any atom is -0.352 e. The summed E-state index contributed by atoms with van der Waals surface area (Å²) in [6, 6.07) is 8.78. The van der Waals surface area contributed by atoms with Gasteiger partial charge in [0.2, 0.25) is 0 Å². The highest BCUT2D eigenvalue weighted by Crippen LogP contribution is 2.42. The first kappa shape index (κ1) is 21.2. The van der Waals surface area contributed by atoms with Crippen molar-refractivity contribution in [2.24, 2.45) is 0 Å². The Morgan fingerprint density at radius 2 is 1.91 bits per heavy atom. The lowest BCUT2D eigenvalue weighted by Gasteiger charge is -2.48. The number of benzene rings is 1. The monoisotopic (exact) mass is 453 g/mol. The zero-order valence-electron chi connectivity index (χ0n) is 17.4. The average Bonchev–Trinajstić information content (AvgIpc) is 3.09. The van der Waals surface area contributed by atoms with Gasteiger partial charge in [0.15, 0.2) is 0 Å². The van der Waals surface area contributed by atoms with Crippen molar-refractivity contribution in [3.05, 3.63) is 76.5 Å². The van der Waals surface area contributed by atoms with Gasteiger partial charge in [-0.15, -0.1) is 0 Å². The summed E-state index contributed by atoms with van der Waals surface area (Å²) >= 11 is 0. The second kappa shape index (κ2) is 7.18. The minimum absolute atomic E-state index is 0.0241. The number of pyridine rings is 2. The van der Waals surface area contributed by atoms with Crippen LogP contribution in [0.3, 0.4) is 0 Å². The third kappa shape index (κ3) is 3.38. The highest BCUT2D eigenvalue weighted by molar-refractivity contribution is 5.98. The number of anilines is 3. The largest absolute Gasteiger partial charge is 0.352 e. The van der Waals surface area contributed by atoms with Crippen molar-refractivity contribution in [3.8, 4) is 0 Å². The smallest absolute Gasteiger partial charge is 0.282 e. The second-order valence-corrected chi connectivity index (χ2v) is 8.05. The molecule has 10 nitrogen and oxygen atoms in total. The number of nitrogens with one attached hydrogen (secondary N) is 2. The molecule has 0 unspecified atom stereocenters. The number of hydrogen-bond acceptors (Lipinski definition) is 9. The molecule has 2 aliphatic heterocycles. The maximum Gasteiger partial charge on any atom is 0.282 e. The maximum absolute atomic E-state index is 14.0. The van der Waals surface area contributed by atoms with Crippen molar-refractivity contribution in [3.63, 3.8) is 0 Å². The van der Waals surface area contributed by atoms with Crippen LogP contribution in [-0.4, -0.2) is 42.2 Å². The lowest BCUT2D eigenvalue weighted by atomic mass is 9.96. The van der Waals surface area contributed by atoms with E-state index in [-0.39, 0.29) is 40.9 Å². The van der Waals surface area contributed by atoms with Crippen LogP contribution in [0.1, 0.15) is 32.9 Å². The molecule has 4 heterocycles. The van der Waals surface area contributed by atoms with Gasteiger partial charge in [-0.1, -0.05) is 12.1 Å². The van der Waals surface area contributed by atoms with Crippen LogP contribution in [0.15, 0.2) is 42.6 Å². The summed E-state index contributed by atoms with van der Waals surface area (Å²) < 4.78 is 14.0. The SMILES string of the molecule is Cc1cc2c(nc1N1C(O)(O)Cc3ncc(Nc4ccccc4F)cc3C1(O)O)CNC2=O. The molecule has 0 saturated carbocycles. The molecule has 0 fully saturated rings. The molecule has 2 aliphatic rings. The molecule has 0 atom stereocenters. The topological polar surface area (TPSA) is 151 Å². The number of carbonyl (C=O) groups is 1. The van der Waals surface area contributed by atoms with Crippen LogP contribution in [0.4, 0.5) is 21.6 Å². The Balaban J connectivity index is 1.60. The van der Waals surface area contributed by atoms with Gasteiger partial charge in [-0.05, 0) is 36.8 Å². The Kier molecular flexibility index (Phi) is 4.62. The van der Waals surface area contributed by atoms with E-state index >= 15 is 0 Å². The average molecular weight is 453 g/mol. The summed E-state index contributed by atoms with van der Waals surface area (Å²) in [5, 5.41) is 49.3. The van der Waals surface area contributed by atoms with Crippen molar-refractivity contribution in [2.75, 3.05) is 10.2 Å². The van der Waals surface area contributed by atoms with Crippen LogP contribution in [-0.2, 0) is 18.9 Å². The molecule has 0 saturated heterocycles. The van der Waals surface area contributed by atoms with Crippen molar-refractivity contribution < 1.29 is 29.6 Å². The summed E-state index contributed by atoms with van der Waals surface area (Å²) in [6.07, 6.45) is 0.851. The van der Waals surface area contributed by atoms with Crippen molar-refractivity contribution in [1.82, 2.24) is 15.3 Å². The number of nitrogens with zero attached hydrogens (tertiary/aromatic N) is 3. The Morgan fingerprint density at radius 1 is 1.15 bits per heavy atom. The summed E-state index contributed by atoms with van der Waals surface area (Å²) in [4.78, 5) is 20.9. The van der Waals surface area contributed by atoms with Gasteiger partial charge in [-0.25, -0.2) is 14.3 Å². The molecule has 33 heavy (non-hydrogen) atoms. The van der Waals surface area contributed by atoms with Gasteiger partial charge in [-0.3, -0.25) is 9.78 Å². The summed E-state index contributed by atoms with van der Waals surface area (Å²) in [6.45, 7) is 1.68. The fourth-order valence-corrected chi connectivity index (χ4v) is 4.16. The van der Waals surface area contributed by atoms with Gasteiger partial charge in [-0.2, -0.15) is 0 Å². The third-order valence-electron chi connectivity index (χ3n) is 5.70. The van der Waals surface area contributed by atoms with E-state index in [4.69, 9.17) is 0 Å². The summed E-state index contributed by atoms with van der Waals surface area (Å²) in [7, 11) is 0. The van der Waals surface area contributed by atoms with Crippen LogP contribution in [0.2, 0.25) is 0 Å². The lowest BCUT2D eigenvalue weighted by Crippen LogP contribution is -2.65. The molecule has 6 N–H and O–H groups in total. The number of carbonyl (C=O) groups excluding carboxylic acids is 1. The number of aromatic nitrogens is 2. The number of amides is 1. The first-order chi connectivity index (χ1) is 15.6. The first-order valence-corrected chi connectivity index (χ1v) is 10.1. The molecule has 0 spiro atoms. The molecule has 11 heteroatoms. The molecule has 0 aliphatic carbocycles. The Bertz CT molecular complexity index is 1300. The summed E-state index contributed by atoms with van der Waals surface area (Å²) in [5.41, 5.74) is 1.28. The van der Waals surface area contributed by atoms with Gasteiger partial charge in [0.1, 0.15) is 11.6 Å². The normalized spacial score (nSPS) is 17.9. The maximum atomic E-state index is 14.0. The van der Waals surface area contributed by atoms with Gasteiger partial charge < -0.3 is 31.1 Å². The highest BCUT2D eigenvalue weighted by Gasteiger charge is 2.54. The predicted molar refractivity (Wildman–Crippen MR) is 114 cm³/mol. The third-order valence-corrected chi connectivity index (χ3v) is 5.70. The van der Waals surface area contributed by atoms with Crippen LogP contribution in [0.5, 0.6) is 0 Å². The second-order valence-electron chi connectivity index (χ2n) is 8.05. The minimum atomic E-state index is -2.95. The number of aliphatic hydroxyl groups is 4. The van der Waals surface area contributed by atoms with Gasteiger partial charge in [0.05, 0.1) is 53.1 Å². The van der Waals surface area contributed by atoms with E-state index in [1.165, 1.54) is 36.5 Å². The number of rotatable bonds is 3. The predicted octanol–water partition coefficient (Wildman–Crippen LogP) is 0.707. The van der Waals surface area contributed by atoms with Gasteiger partial charge in [0.25, 0.3) is 17.7 Å². The van der Waals surface area contributed by atoms with Crippen LogP contribution < -0.4 is 15.5 Å². The van der Waals surface area contributed by atoms with Crippen LogP contribution >= 0.6 is 0 Å². The molecule has 170 valence electrons. The number of halogens is 1. The fourth-order valence-electron chi connectivity index (χ4n) is 4.16. The number of para-hydroxylation sites is 1. The molecule has 3 aromatic rings. The highest BCUT2D eigenvalue weighted by atomic mass is 19.1. The zero-order chi connectivity index (χ0) is 23.5. The molecule has 5 rings (SSSR count). The van der Waals surface area contributed by atoms with E-state index in [0.717, 1.165) is 0 Å². The van der Waals surface area contributed by atoms with E-state index in [1.807, 2.05) is 0 Å². The number of aryl methyl sites for hydroxylation is 1. The zero-order valence-corrected chi connectivity index (χ0v) is 17.4. The van der Waals surface area contributed by atoms with Gasteiger partial charge in [0, 0.05) is 0 Å². The van der Waals surface area contributed by atoms with Crippen LogP contribution in [0, 0.1) is 12.7 Å². The Labute approximate surface area is 187 Å². The molecular weight excluding hydrogens is 433 g/mol. The van der Waals surface area contributed by atoms with Gasteiger partial charge >= 0.3 is 0 Å². The quantitative estimate of drug-likeness (QED) is 0.315. The van der Waals surface area contributed by atoms with E-state index in [2.05, 4.69) is 20.6 Å². The molecule has 0 radical (unpaired) electrons. The van der Waals surface area contributed by atoms with E-state index in [0.29, 0.717) is 21.7 Å². The first-order valence-electron chi connectivity index (χ1n) is 10.1. The fraction of sp³-hybridized carbons (Fsp3) is 0.227. The molecule has 1 amide bonds. The molecule has 1 aromatic carbocycles. The van der Waals surface area contributed by atoms with E-state index in [9.17, 15) is 29.6 Å². The standard InChI is InChI=1S/C22H20FN5O5/c1-11-6-13-18(10-25-20(13)29)27-19(11)28-21(30,31)8-17-14(22(28,32)33)7-12(9-24-17)26-16-5-3-2-4-15(16)23/h2-7,9,26,30-33H,8,10H2,1H3,(H,25,29). The van der Waals surface area contributed by atoms with E-state index in [1.54, 1.807) is 13.0 Å². The summed E-state index contributed by atoms with van der Waals surface area (Å²) in [5.74, 6) is -6.66. The lowest BCUT2D eigenvalue weighted by molar-refractivity contribution is -0.266. The molecule has 0 bridgehead atoms. The van der Waals surface area contributed by atoms with Crippen molar-refractivity contribution >= 4 is 23.1 Å². The van der Waals surface area contributed by atoms with Crippen molar-refractivity contribution in [2.45, 2.75) is 31.7 Å². The molecular formula is C22H20FN5O5. The Hall–Kier alpha value is -3.64. The molecule has 2 aromatic heterocycles. The van der Waals surface area contributed by atoms with E-state index < -0.39 is 24.1 Å². The number of fused-ring (bicyclic) bond motifs is 2. The number of hydrogen-bond donors (Lipinski definition) is 6. The van der Waals surface area contributed by atoms with Crippen molar-refractivity contribution in [1.29, 1.82) is 0 Å².